The molecule has 2 aromatic carbocycles. The van der Waals surface area contributed by atoms with Crippen molar-refractivity contribution in [1.29, 1.82) is 5.26 Å². The molecule has 0 spiro atoms. The first kappa shape index (κ1) is 14.8. The van der Waals surface area contributed by atoms with Gasteiger partial charge in [-0.2, -0.15) is 10.4 Å². The first-order valence-corrected chi connectivity index (χ1v) is 6.60. The molecule has 0 atom stereocenters. The molecule has 0 aliphatic rings. The second-order valence-corrected chi connectivity index (χ2v) is 4.70. The highest BCUT2D eigenvalue weighted by Crippen LogP contribution is 2.22. The van der Waals surface area contributed by atoms with Crippen LogP contribution < -0.4 is 5.43 Å². The van der Waals surface area contributed by atoms with Gasteiger partial charge in [0.05, 0.1) is 5.69 Å². The number of carbonyl (C=O) groups excluding carboxylic acids is 1. The number of hydrogen-bond donors (Lipinski definition) is 1. The lowest BCUT2D eigenvalue weighted by atomic mass is 10.1. The summed E-state index contributed by atoms with van der Waals surface area (Å²) in [5.41, 5.74) is 4.37. The molecule has 0 saturated carbocycles. The summed E-state index contributed by atoms with van der Waals surface area (Å²) in [6.45, 7) is 1.82. The number of hydrogen-bond acceptors (Lipinski definition) is 4. The number of hydrazone groups is 1. The van der Waals surface area contributed by atoms with Crippen LogP contribution in [-0.2, 0) is 0 Å². The van der Waals surface area contributed by atoms with Gasteiger partial charge in [0.25, 0.3) is 0 Å². The molecule has 0 amide bonds. The molecule has 0 fully saturated rings. The third kappa shape index (κ3) is 3.47. The largest absolute Gasteiger partial charge is 0.286 e. The van der Waals surface area contributed by atoms with E-state index in [9.17, 15) is 4.79 Å². The molecule has 0 saturated heterocycles. The summed E-state index contributed by atoms with van der Waals surface area (Å²) in [6.07, 6.45) is 0. The van der Waals surface area contributed by atoms with Crippen molar-refractivity contribution in [3.63, 3.8) is 0 Å². The van der Waals surface area contributed by atoms with Crippen LogP contribution >= 0.6 is 11.6 Å². The van der Waals surface area contributed by atoms with Gasteiger partial charge in [-0.25, -0.2) is 0 Å². The first-order valence-electron chi connectivity index (χ1n) is 6.22. The van der Waals surface area contributed by atoms with Crippen LogP contribution in [0.1, 0.15) is 15.9 Å². The summed E-state index contributed by atoms with van der Waals surface area (Å²) in [5, 5.41) is 13.6. The van der Waals surface area contributed by atoms with Crippen molar-refractivity contribution in [2.24, 2.45) is 5.10 Å². The minimum atomic E-state index is -0.426. The average Bonchev–Trinajstić information content (AvgIpc) is 2.52. The number of carbonyl (C=O) groups is 1. The predicted molar refractivity (Wildman–Crippen MR) is 83.6 cm³/mol. The number of Topliss-reactive ketones (excluding diaryl/α,β-unsaturated/α-hetero) is 1. The molecule has 4 nitrogen and oxygen atoms in total. The number of ketones is 1. The number of benzene rings is 2. The Morgan fingerprint density at radius 3 is 2.57 bits per heavy atom. The SMILES string of the molecule is Cc1c(Cl)cccc1N/N=C(\C#N)C(=O)c1ccccc1. The fraction of sp³-hybridized carbons (Fsp3) is 0.0625. The average molecular weight is 298 g/mol. The maximum Gasteiger partial charge on any atom is 0.223 e. The van der Waals surface area contributed by atoms with Crippen molar-refractivity contribution < 1.29 is 4.79 Å². The molecule has 2 rings (SSSR count). The topological polar surface area (TPSA) is 65.2 Å². The Labute approximate surface area is 127 Å². The summed E-state index contributed by atoms with van der Waals surface area (Å²) >= 11 is 6.00. The van der Waals surface area contributed by atoms with E-state index < -0.39 is 5.78 Å². The molecular weight excluding hydrogens is 286 g/mol. The van der Waals surface area contributed by atoms with E-state index in [1.54, 1.807) is 48.5 Å². The molecule has 0 unspecified atom stereocenters. The minimum absolute atomic E-state index is 0.208. The number of anilines is 1. The second-order valence-electron chi connectivity index (χ2n) is 4.29. The molecule has 0 aliphatic carbocycles. The Morgan fingerprint density at radius 2 is 1.90 bits per heavy atom. The molecule has 104 valence electrons. The fourth-order valence-electron chi connectivity index (χ4n) is 1.70. The standard InChI is InChI=1S/C16H12ClN3O/c1-11-13(17)8-5-9-14(11)19-20-15(10-18)16(21)12-6-3-2-4-7-12/h2-9,19H,1H3/b20-15+. The zero-order valence-corrected chi connectivity index (χ0v) is 12.1. The summed E-state index contributed by atoms with van der Waals surface area (Å²) in [4.78, 5) is 12.1. The number of halogens is 1. The summed E-state index contributed by atoms with van der Waals surface area (Å²) in [5.74, 6) is -0.426. The van der Waals surface area contributed by atoms with E-state index in [0.29, 0.717) is 16.3 Å². The molecule has 1 N–H and O–H groups in total. The summed E-state index contributed by atoms with van der Waals surface area (Å²) in [7, 11) is 0. The van der Waals surface area contributed by atoms with Crippen molar-refractivity contribution in [1.82, 2.24) is 0 Å². The highest BCUT2D eigenvalue weighted by molar-refractivity contribution is 6.51. The van der Waals surface area contributed by atoms with Gasteiger partial charge in [0.15, 0.2) is 0 Å². The molecule has 0 aromatic heterocycles. The van der Waals surface area contributed by atoms with Crippen LogP contribution in [0.5, 0.6) is 0 Å². The normalized spacial score (nSPS) is 10.8. The zero-order chi connectivity index (χ0) is 15.2. The Morgan fingerprint density at radius 1 is 1.19 bits per heavy atom. The molecular formula is C16H12ClN3O. The molecule has 0 radical (unpaired) electrons. The van der Waals surface area contributed by atoms with Gasteiger partial charge in [-0.15, -0.1) is 0 Å². The van der Waals surface area contributed by atoms with Crippen molar-refractivity contribution in [2.75, 3.05) is 5.43 Å². The molecule has 0 bridgehead atoms. The monoisotopic (exact) mass is 297 g/mol. The van der Waals surface area contributed by atoms with Crippen molar-refractivity contribution in [3.05, 3.63) is 64.7 Å². The fourth-order valence-corrected chi connectivity index (χ4v) is 1.87. The van der Waals surface area contributed by atoms with Gasteiger partial charge in [-0.05, 0) is 24.6 Å². The van der Waals surface area contributed by atoms with Gasteiger partial charge in [-0.1, -0.05) is 48.0 Å². The molecule has 5 heteroatoms. The summed E-state index contributed by atoms with van der Waals surface area (Å²) in [6, 6.07) is 15.6. The number of rotatable bonds is 4. The lowest BCUT2D eigenvalue weighted by molar-refractivity contribution is 0.106. The number of nitrogens with one attached hydrogen (secondary N) is 1. The van der Waals surface area contributed by atoms with Gasteiger partial charge in [-0.3, -0.25) is 10.2 Å². The van der Waals surface area contributed by atoms with E-state index in [1.807, 2.05) is 13.0 Å². The van der Waals surface area contributed by atoms with Crippen LogP contribution in [0.15, 0.2) is 53.6 Å². The third-order valence-electron chi connectivity index (χ3n) is 2.91. The van der Waals surface area contributed by atoms with E-state index in [2.05, 4.69) is 10.5 Å². The lowest BCUT2D eigenvalue weighted by Gasteiger charge is -2.06. The highest BCUT2D eigenvalue weighted by atomic mass is 35.5. The number of nitrogens with zero attached hydrogens (tertiary/aromatic N) is 2. The maximum atomic E-state index is 12.1. The Hall–Kier alpha value is -2.64. The molecule has 21 heavy (non-hydrogen) atoms. The third-order valence-corrected chi connectivity index (χ3v) is 3.32. The van der Waals surface area contributed by atoms with Crippen molar-refractivity contribution in [3.8, 4) is 6.07 Å². The van der Waals surface area contributed by atoms with Crippen LogP contribution in [-0.4, -0.2) is 11.5 Å². The molecule has 2 aromatic rings. The Bertz CT molecular complexity index is 733. The van der Waals surface area contributed by atoms with Crippen LogP contribution in [0.4, 0.5) is 5.69 Å². The maximum absolute atomic E-state index is 12.1. The van der Waals surface area contributed by atoms with Gasteiger partial charge >= 0.3 is 0 Å². The first-order chi connectivity index (χ1) is 10.1. The number of nitriles is 1. The quantitative estimate of drug-likeness (QED) is 0.530. The summed E-state index contributed by atoms with van der Waals surface area (Å²) < 4.78 is 0. The van der Waals surface area contributed by atoms with E-state index in [-0.39, 0.29) is 5.71 Å². The zero-order valence-electron chi connectivity index (χ0n) is 11.3. The van der Waals surface area contributed by atoms with Crippen LogP contribution in [0.3, 0.4) is 0 Å². The van der Waals surface area contributed by atoms with Gasteiger partial charge in [0.2, 0.25) is 11.5 Å². The van der Waals surface area contributed by atoms with E-state index in [1.165, 1.54) is 0 Å². The minimum Gasteiger partial charge on any atom is -0.286 e. The van der Waals surface area contributed by atoms with Gasteiger partial charge < -0.3 is 0 Å². The van der Waals surface area contributed by atoms with E-state index >= 15 is 0 Å². The predicted octanol–water partition coefficient (Wildman–Crippen LogP) is 3.82. The highest BCUT2D eigenvalue weighted by Gasteiger charge is 2.13. The van der Waals surface area contributed by atoms with Gasteiger partial charge in [0.1, 0.15) is 6.07 Å². The van der Waals surface area contributed by atoms with E-state index in [4.69, 9.17) is 16.9 Å². The van der Waals surface area contributed by atoms with Crippen LogP contribution in [0, 0.1) is 18.3 Å². The molecule has 0 aliphatic heterocycles. The van der Waals surface area contributed by atoms with Crippen LogP contribution in [0.2, 0.25) is 5.02 Å². The van der Waals surface area contributed by atoms with Crippen molar-refractivity contribution in [2.45, 2.75) is 6.92 Å². The molecule has 0 heterocycles. The Balaban J connectivity index is 2.24. The van der Waals surface area contributed by atoms with Crippen molar-refractivity contribution >= 4 is 28.8 Å². The van der Waals surface area contributed by atoms with E-state index in [0.717, 1.165) is 5.56 Å². The smallest absolute Gasteiger partial charge is 0.223 e. The van der Waals surface area contributed by atoms with Gasteiger partial charge in [0, 0.05) is 10.6 Å². The second kappa shape index (κ2) is 6.69. The lowest BCUT2D eigenvalue weighted by Crippen LogP contribution is -2.14. The van der Waals surface area contributed by atoms with Crippen LogP contribution in [0.25, 0.3) is 0 Å². The Kier molecular flexibility index (Phi) is 4.70.